The minimum atomic E-state index is -0.0747. The number of aromatic nitrogens is 1. The number of pyridine rings is 1. The first-order valence-corrected chi connectivity index (χ1v) is 8.42. The van der Waals surface area contributed by atoms with Gasteiger partial charge in [0.25, 0.3) is 5.91 Å². The lowest BCUT2D eigenvalue weighted by atomic mass is 10.1. The van der Waals surface area contributed by atoms with Crippen LogP contribution in [0.3, 0.4) is 0 Å². The van der Waals surface area contributed by atoms with Crippen LogP contribution in [0.5, 0.6) is 0 Å². The Morgan fingerprint density at radius 1 is 1.38 bits per heavy atom. The van der Waals surface area contributed by atoms with Gasteiger partial charge >= 0.3 is 0 Å². The SMILES string of the molecule is O=C(NC[C@H]1CCCO1)c1cccc(CNc2ccncc2Cl)c1. The van der Waals surface area contributed by atoms with Gasteiger partial charge in [0.15, 0.2) is 0 Å². The number of rotatable bonds is 6. The Kier molecular flexibility index (Phi) is 5.67. The molecule has 0 radical (unpaired) electrons. The van der Waals surface area contributed by atoms with Gasteiger partial charge in [0.05, 0.1) is 16.8 Å². The number of anilines is 1. The molecular weight excluding hydrogens is 326 g/mol. The summed E-state index contributed by atoms with van der Waals surface area (Å²) in [6.07, 6.45) is 5.51. The number of benzene rings is 1. The van der Waals surface area contributed by atoms with E-state index in [4.69, 9.17) is 16.3 Å². The van der Waals surface area contributed by atoms with Gasteiger partial charge in [-0.15, -0.1) is 0 Å². The lowest BCUT2D eigenvalue weighted by Gasteiger charge is -2.12. The van der Waals surface area contributed by atoms with Gasteiger partial charge in [-0.1, -0.05) is 23.7 Å². The average molecular weight is 346 g/mol. The van der Waals surface area contributed by atoms with Crippen LogP contribution in [0.15, 0.2) is 42.7 Å². The molecule has 2 aromatic rings. The average Bonchev–Trinajstić information content (AvgIpc) is 3.13. The predicted octanol–water partition coefficient (Wildman–Crippen LogP) is 3.26. The van der Waals surface area contributed by atoms with Gasteiger partial charge in [0, 0.05) is 37.7 Å². The van der Waals surface area contributed by atoms with Crippen molar-refractivity contribution in [3.63, 3.8) is 0 Å². The molecule has 1 fully saturated rings. The maximum atomic E-state index is 12.3. The monoisotopic (exact) mass is 345 g/mol. The molecule has 1 aliphatic heterocycles. The van der Waals surface area contributed by atoms with E-state index in [-0.39, 0.29) is 12.0 Å². The Labute approximate surface area is 146 Å². The summed E-state index contributed by atoms with van der Waals surface area (Å²) in [5.74, 6) is -0.0747. The third kappa shape index (κ3) is 4.46. The molecular formula is C18H20ClN3O2. The van der Waals surface area contributed by atoms with Crippen LogP contribution in [0, 0.1) is 0 Å². The molecule has 6 heteroatoms. The highest BCUT2D eigenvalue weighted by Gasteiger charge is 2.16. The summed E-state index contributed by atoms with van der Waals surface area (Å²) in [4.78, 5) is 16.2. The number of halogens is 1. The summed E-state index contributed by atoms with van der Waals surface area (Å²) in [5, 5.41) is 6.76. The van der Waals surface area contributed by atoms with E-state index >= 15 is 0 Å². The van der Waals surface area contributed by atoms with E-state index in [2.05, 4.69) is 15.6 Å². The third-order valence-corrected chi connectivity index (χ3v) is 4.26. The Morgan fingerprint density at radius 2 is 2.29 bits per heavy atom. The van der Waals surface area contributed by atoms with Crippen LogP contribution in [-0.4, -0.2) is 30.1 Å². The Balaban J connectivity index is 1.57. The van der Waals surface area contributed by atoms with Crippen molar-refractivity contribution in [1.82, 2.24) is 10.3 Å². The molecule has 1 atom stereocenters. The normalized spacial score (nSPS) is 16.8. The first-order valence-electron chi connectivity index (χ1n) is 8.04. The minimum absolute atomic E-state index is 0.0747. The maximum absolute atomic E-state index is 12.3. The van der Waals surface area contributed by atoms with Crippen molar-refractivity contribution in [2.75, 3.05) is 18.5 Å². The van der Waals surface area contributed by atoms with Crippen LogP contribution in [0.2, 0.25) is 5.02 Å². The molecule has 24 heavy (non-hydrogen) atoms. The van der Waals surface area contributed by atoms with E-state index < -0.39 is 0 Å². The fourth-order valence-corrected chi connectivity index (χ4v) is 2.84. The lowest BCUT2D eigenvalue weighted by molar-refractivity contribution is 0.0857. The molecule has 1 aromatic heterocycles. The van der Waals surface area contributed by atoms with E-state index in [0.717, 1.165) is 30.7 Å². The minimum Gasteiger partial charge on any atom is -0.380 e. The quantitative estimate of drug-likeness (QED) is 0.843. The number of nitrogens with one attached hydrogen (secondary N) is 2. The topological polar surface area (TPSA) is 63.2 Å². The maximum Gasteiger partial charge on any atom is 0.251 e. The highest BCUT2D eigenvalue weighted by molar-refractivity contribution is 6.33. The van der Waals surface area contributed by atoms with Crippen molar-refractivity contribution in [3.8, 4) is 0 Å². The van der Waals surface area contributed by atoms with E-state index in [1.807, 2.05) is 30.3 Å². The lowest BCUT2D eigenvalue weighted by Crippen LogP contribution is -2.31. The van der Waals surface area contributed by atoms with Crippen molar-refractivity contribution in [2.24, 2.45) is 0 Å². The molecule has 1 saturated heterocycles. The highest BCUT2D eigenvalue weighted by atomic mass is 35.5. The molecule has 1 aliphatic rings. The van der Waals surface area contributed by atoms with Crippen LogP contribution in [0.1, 0.15) is 28.8 Å². The molecule has 3 rings (SSSR count). The summed E-state index contributed by atoms with van der Waals surface area (Å²) in [5.41, 5.74) is 2.47. The summed E-state index contributed by atoms with van der Waals surface area (Å²) in [7, 11) is 0. The molecule has 2 heterocycles. The number of amides is 1. The third-order valence-electron chi connectivity index (χ3n) is 3.96. The summed E-state index contributed by atoms with van der Waals surface area (Å²) < 4.78 is 5.52. The second kappa shape index (κ2) is 8.13. The first-order chi connectivity index (χ1) is 11.7. The van der Waals surface area contributed by atoms with Crippen LogP contribution in [-0.2, 0) is 11.3 Å². The van der Waals surface area contributed by atoms with E-state index in [9.17, 15) is 4.79 Å². The van der Waals surface area contributed by atoms with Gasteiger partial charge in [-0.25, -0.2) is 0 Å². The van der Waals surface area contributed by atoms with E-state index in [1.165, 1.54) is 0 Å². The molecule has 0 saturated carbocycles. The molecule has 5 nitrogen and oxygen atoms in total. The van der Waals surface area contributed by atoms with Crippen molar-refractivity contribution in [3.05, 3.63) is 58.9 Å². The predicted molar refractivity (Wildman–Crippen MR) is 94.3 cm³/mol. The zero-order chi connectivity index (χ0) is 16.8. The van der Waals surface area contributed by atoms with Crippen LogP contribution in [0.25, 0.3) is 0 Å². The summed E-state index contributed by atoms with van der Waals surface area (Å²) in [6.45, 7) is 1.93. The fourth-order valence-electron chi connectivity index (χ4n) is 2.65. The highest BCUT2D eigenvalue weighted by Crippen LogP contribution is 2.20. The van der Waals surface area contributed by atoms with Gasteiger partial charge in [-0.05, 0) is 36.6 Å². The number of hydrogen-bond acceptors (Lipinski definition) is 4. The standard InChI is InChI=1S/C18H20ClN3O2/c19-16-12-20-7-6-17(16)21-10-13-3-1-4-14(9-13)18(23)22-11-15-5-2-8-24-15/h1,3-4,6-7,9,12,15H,2,5,8,10-11H2,(H,20,21)(H,22,23)/t15-/m1/s1. The van der Waals surface area contributed by atoms with Crippen LogP contribution < -0.4 is 10.6 Å². The molecule has 2 N–H and O–H groups in total. The van der Waals surface area contributed by atoms with Gasteiger partial charge < -0.3 is 15.4 Å². The number of hydrogen-bond donors (Lipinski definition) is 2. The number of carbonyl (C=O) groups excluding carboxylic acids is 1. The van der Waals surface area contributed by atoms with Crippen molar-refractivity contribution in [1.29, 1.82) is 0 Å². The summed E-state index contributed by atoms with van der Waals surface area (Å²) in [6, 6.07) is 9.37. The smallest absolute Gasteiger partial charge is 0.251 e. The Hall–Kier alpha value is -2.11. The van der Waals surface area contributed by atoms with Gasteiger partial charge in [-0.2, -0.15) is 0 Å². The largest absolute Gasteiger partial charge is 0.380 e. The van der Waals surface area contributed by atoms with Crippen molar-refractivity contribution in [2.45, 2.75) is 25.5 Å². The molecule has 0 aliphatic carbocycles. The number of ether oxygens (including phenoxy) is 1. The first kappa shape index (κ1) is 16.7. The Morgan fingerprint density at radius 3 is 3.08 bits per heavy atom. The molecule has 0 unspecified atom stereocenters. The zero-order valence-electron chi connectivity index (χ0n) is 13.3. The molecule has 126 valence electrons. The zero-order valence-corrected chi connectivity index (χ0v) is 14.1. The second-order valence-corrected chi connectivity index (χ2v) is 6.16. The molecule has 1 aromatic carbocycles. The van der Waals surface area contributed by atoms with Crippen molar-refractivity contribution < 1.29 is 9.53 Å². The second-order valence-electron chi connectivity index (χ2n) is 5.75. The molecule has 0 bridgehead atoms. The fraction of sp³-hybridized carbons (Fsp3) is 0.333. The van der Waals surface area contributed by atoms with Crippen LogP contribution >= 0.6 is 11.6 Å². The Bertz CT molecular complexity index is 702. The number of carbonyl (C=O) groups is 1. The van der Waals surface area contributed by atoms with E-state index in [0.29, 0.717) is 23.7 Å². The van der Waals surface area contributed by atoms with Crippen molar-refractivity contribution >= 4 is 23.2 Å². The van der Waals surface area contributed by atoms with Crippen LogP contribution in [0.4, 0.5) is 5.69 Å². The van der Waals surface area contributed by atoms with Gasteiger partial charge in [0.1, 0.15) is 0 Å². The molecule has 0 spiro atoms. The van der Waals surface area contributed by atoms with Gasteiger partial charge in [0.2, 0.25) is 0 Å². The van der Waals surface area contributed by atoms with Gasteiger partial charge in [-0.3, -0.25) is 9.78 Å². The number of nitrogens with zero attached hydrogens (tertiary/aromatic N) is 1. The summed E-state index contributed by atoms with van der Waals surface area (Å²) >= 11 is 6.07. The van der Waals surface area contributed by atoms with E-state index in [1.54, 1.807) is 12.4 Å². The molecule has 1 amide bonds.